The molecule has 0 unspecified atom stereocenters. The monoisotopic (exact) mass is 443 g/mol. The van der Waals surface area contributed by atoms with Crippen molar-refractivity contribution in [3.05, 3.63) is 35.9 Å². The summed E-state index contributed by atoms with van der Waals surface area (Å²) in [5, 5.41) is 9.79. The number of ether oxygens (including phenoxy) is 1. The zero-order valence-corrected chi connectivity index (χ0v) is 19.2. The Hall–Kier alpha value is -2.06. The largest absolute Gasteiger partial charge is 0.378 e. The van der Waals surface area contributed by atoms with Crippen molar-refractivity contribution in [2.75, 3.05) is 43.5 Å². The molecule has 0 atom stereocenters. The first-order valence-electron chi connectivity index (χ1n) is 11.5. The first-order chi connectivity index (χ1) is 15.3. The smallest absolute Gasteiger partial charge is 0.233 e. The van der Waals surface area contributed by atoms with Gasteiger partial charge >= 0.3 is 0 Å². The van der Waals surface area contributed by atoms with Gasteiger partial charge in [0.2, 0.25) is 11.9 Å². The van der Waals surface area contributed by atoms with E-state index in [9.17, 15) is 4.79 Å². The number of hydrogen-bond acceptors (Lipinski definition) is 6. The second-order valence-electron chi connectivity index (χ2n) is 8.21. The number of rotatable bonds is 8. The SMILES string of the molecule is CCN(C(=O)CSc1nnc(N2CCOCC2)n1Cc1ccccc1)C1CCCCC1. The molecule has 2 fully saturated rings. The van der Waals surface area contributed by atoms with E-state index < -0.39 is 0 Å². The van der Waals surface area contributed by atoms with Gasteiger partial charge in [-0.05, 0) is 25.3 Å². The Balaban J connectivity index is 1.48. The van der Waals surface area contributed by atoms with Crippen LogP contribution in [0, 0.1) is 0 Å². The zero-order chi connectivity index (χ0) is 21.5. The third-order valence-corrected chi connectivity index (χ3v) is 7.13. The standard InChI is InChI=1S/C23H33N5O2S/c1-2-27(20-11-7-4-8-12-20)21(29)18-31-23-25-24-22(26-13-15-30-16-14-26)28(23)17-19-9-5-3-6-10-19/h3,5-6,9-10,20H,2,4,7-8,11-18H2,1H3. The summed E-state index contributed by atoms with van der Waals surface area (Å²) in [5.41, 5.74) is 1.20. The molecular weight excluding hydrogens is 410 g/mol. The maximum absolute atomic E-state index is 13.0. The highest BCUT2D eigenvalue weighted by atomic mass is 32.2. The number of amides is 1. The number of hydrogen-bond donors (Lipinski definition) is 0. The van der Waals surface area contributed by atoms with E-state index in [0.29, 0.717) is 31.6 Å². The summed E-state index contributed by atoms with van der Waals surface area (Å²) in [6.07, 6.45) is 6.03. The Morgan fingerprint density at radius 3 is 2.58 bits per heavy atom. The van der Waals surface area contributed by atoms with E-state index >= 15 is 0 Å². The van der Waals surface area contributed by atoms with Crippen molar-refractivity contribution < 1.29 is 9.53 Å². The van der Waals surface area contributed by atoms with Gasteiger partial charge < -0.3 is 14.5 Å². The number of anilines is 1. The van der Waals surface area contributed by atoms with Crippen molar-refractivity contribution in [1.29, 1.82) is 0 Å². The Morgan fingerprint density at radius 2 is 1.87 bits per heavy atom. The first kappa shape index (κ1) is 22.1. The predicted molar refractivity (Wildman–Crippen MR) is 124 cm³/mol. The molecule has 0 spiro atoms. The molecule has 2 aromatic rings. The lowest BCUT2D eigenvalue weighted by atomic mass is 9.94. The van der Waals surface area contributed by atoms with Crippen LogP contribution in [0.3, 0.4) is 0 Å². The molecule has 2 heterocycles. The third-order valence-electron chi connectivity index (χ3n) is 6.18. The van der Waals surface area contributed by atoms with Crippen LogP contribution >= 0.6 is 11.8 Å². The number of aromatic nitrogens is 3. The highest BCUT2D eigenvalue weighted by molar-refractivity contribution is 7.99. The predicted octanol–water partition coefficient (Wildman–Crippen LogP) is 3.44. The lowest BCUT2D eigenvalue weighted by molar-refractivity contribution is -0.131. The van der Waals surface area contributed by atoms with Gasteiger partial charge in [-0.2, -0.15) is 0 Å². The van der Waals surface area contributed by atoms with E-state index in [2.05, 4.69) is 43.6 Å². The number of carbonyl (C=O) groups excluding carboxylic acids is 1. The Labute approximate surface area is 189 Å². The first-order valence-corrected chi connectivity index (χ1v) is 12.5. The average molecular weight is 444 g/mol. The Bertz CT molecular complexity index is 832. The molecule has 1 aliphatic heterocycles. The van der Waals surface area contributed by atoms with Gasteiger partial charge in [0.05, 0.1) is 25.5 Å². The number of carbonyl (C=O) groups is 1. The van der Waals surface area contributed by atoms with E-state index in [1.807, 2.05) is 18.2 Å². The maximum atomic E-state index is 13.0. The van der Waals surface area contributed by atoms with E-state index in [4.69, 9.17) is 4.74 Å². The van der Waals surface area contributed by atoms with Crippen LogP contribution < -0.4 is 4.90 Å². The fourth-order valence-electron chi connectivity index (χ4n) is 4.53. The lowest BCUT2D eigenvalue weighted by Gasteiger charge is -2.33. The van der Waals surface area contributed by atoms with Crippen LogP contribution in [0.1, 0.15) is 44.6 Å². The maximum Gasteiger partial charge on any atom is 0.233 e. The summed E-state index contributed by atoms with van der Waals surface area (Å²) in [6.45, 7) is 6.57. The molecule has 0 radical (unpaired) electrons. The van der Waals surface area contributed by atoms with Crippen LogP contribution in [0.25, 0.3) is 0 Å². The van der Waals surface area contributed by atoms with Gasteiger partial charge in [0.1, 0.15) is 0 Å². The quantitative estimate of drug-likeness (QED) is 0.583. The molecule has 8 heteroatoms. The second kappa shape index (κ2) is 11.0. The average Bonchev–Trinajstić information content (AvgIpc) is 3.22. The number of benzene rings is 1. The molecule has 1 aromatic carbocycles. The van der Waals surface area contributed by atoms with Gasteiger partial charge in [-0.25, -0.2) is 0 Å². The van der Waals surface area contributed by atoms with Crippen molar-refractivity contribution in [3.63, 3.8) is 0 Å². The van der Waals surface area contributed by atoms with Crippen LogP contribution in [0.15, 0.2) is 35.5 Å². The molecular formula is C23H33N5O2S. The zero-order valence-electron chi connectivity index (χ0n) is 18.4. The lowest BCUT2D eigenvalue weighted by Crippen LogP contribution is -2.42. The van der Waals surface area contributed by atoms with Gasteiger partial charge in [0, 0.05) is 25.7 Å². The number of thioether (sulfide) groups is 1. The summed E-state index contributed by atoms with van der Waals surface area (Å²) < 4.78 is 7.66. The van der Waals surface area contributed by atoms with E-state index in [1.165, 1.54) is 36.6 Å². The molecule has 7 nitrogen and oxygen atoms in total. The van der Waals surface area contributed by atoms with Crippen molar-refractivity contribution >= 4 is 23.6 Å². The molecule has 1 saturated heterocycles. The molecule has 1 aromatic heterocycles. The highest BCUT2D eigenvalue weighted by Gasteiger charge is 2.26. The fraction of sp³-hybridized carbons (Fsp3) is 0.609. The second-order valence-corrected chi connectivity index (χ2v) is 9.16. The van der Waals surface area contributed by atoms with E-state index in [-0.39, 0.29) is 5.91 Å². The van der Waals surface area contributed by atoms with Crippen LogP contribution in [-0.4, -0.2) is 70.2 Å². The summed E-state index contributed by atoms with van der Waals surface area (Å²) in [4.78, 5) is 17.3. The minimum Gasteiger partial charge on any atom is -0.378 e. The van der Waals surface area contributed by atoms with Crippen molar-refractivity contribution in [3.8, 4) is 0 Å². The van der Waals surface area contributed by atoms with Gasteiger partial charge in [-0.15, -0.1) is 10.2 Å². The van der Waals surface area contributed by atoms with Gasteiger partial charge in [-0.3, -0.25) is 9.36 Å². The molecule has 168 valence electrons. The summed E-state index contributed by atoms with van der Waals surface area (Å²) >= 11 is 1.51. The number of morpholine rings is 1. The molecule has 1 aliphatic carbocycles. The molecule has 0 N–H and O–H groups in total. The highest BCUT2D eigenvalue weighted by Crippen LogP contribution is 2.27. The van der Waals surface area contributed by atoms with Gasteiger partial charge in [-0.1, -0.05) is 61.4 Å². The van der Waals surface area contributed by atoms with Crippen molar-refractivity contribution in [2.24, 2.45) is 0 Å². The molecule has 31 heavy (non-hydrogen) atoms. The van der Waals surface area contributed by atoms with Crippen LogP contribution in [0.4, 0.5) is 5.95 Å². The Kier molecular flexibility index (Phi) is 7.86. The van der Waals surface area contributed by atoms with Crippen LogP contribution in [-0.2, 0) is 16.1 Å². The summed E-state index contributed by atoms with van der Waals surface area (Å²) in [5.74, 6) is 1.48. The van der Waals surface area contributed by atoms with Gasteiger partial charge in [0.15, 0.2) is 5.16 Å². The minimum absolute atomic E-state index is 0.210. The summed E-state index contributed by atoms with van der Waals surface area (Å²) in [7, 11) is 0. The van der Waals surface area contributed by atoms with E-state index in [1.54, 1.807) is 0 Å². The molecule has 4 rings (SSSR count). The molecule has 0 bridgehead atoms. The van der Waals surface area contributed by atoms with E-state index in [0.717, 1.165) is 43.6 Å². The molecule has 2 aliphatic rings. The van der Waals surface area contributed by atoms with Gasteiger partial charge in [0.25, 0.3) is 0 Å². The third kappa shape index (κ3) is 5.60. The van der Waals surface area contributed by atoms with Crippen molar-refractivity contribution in [1.82, 2.24) is 19.7 Å². The van der Waals surface area contributed by atoms with Crippen molar-refractivity contribution in [2.45, 2.75) is 56.8 Å². The minimum atomic E-state index is 0.210. The fourth-order valence-corrected chi connectivity index (χ4v) is 5.35. The van der Waals surface area contributed by atoms with Crippen LogP contribution in [0.5, 0.6) is 0 Å². The topological polar surface area (TPSA) is 63.5 Å². The number of nitrogens with zero attached hydrogens (tertiary/aromatic N) is 5. The normalized spacial score (nSPS) is 17.6. The van der Waals surface area contributed by atoms with Crippen LogP contribution in [0.2, 0.25) is 0 Å². The molecule has 1 amide bonds. The Morgan fingerprint density at radius 1 is 1.13 bits per heavy atom. The summed E-state index contributed by atoms with van der Waals surface area (Å²) in [6, 6.07) is 10.8. The molecule has 1 saturated carbocycles.